The van der Waals surface area contributed by atoms with Crippen LogP contribution in [0.15, 0.2) is 48.5 Å². The fraction of sp³-hybridized carbons (Fsp3) is 0.333. The first-order valence-electron chi connectivity index (χ1n) is 9.14. The lowest BCUT2D eigenvalue weighted by Crippen LogP contribution is -2.48. The summed E-state index contributed by atoms with van der Waals surface area (Å²) >= 11 is 0. The third-order valence-electron chi connectivity index (χ3n) is 4.68. The maximum absolute atomic E-state index is 12.8. The average Bonchev–Trinajstić information content (AvgIpc) is 2.69. The van der Waals surface area contributed by atoms with Crippen LogP contribution in [0.25, 0.3) is 0 Å². The van der Waals surface area contributed by atoms with Crippen molar-refractivity contribution in [2.24, 2.45) is 0 Å². The number of piperazine rings is 1. The van der Waals surface area contributed by atoms with Crippen molar-refractivity contribution < 1.29 is 19.4 Å². The number of aromatic carboxylic acids is 1. The molecular formula is C21H24N2O4. The van der Waals surface area contributed by atoms with E-state index < -0.39 is 5.97 Å². The third kappa shape index (κ3) is 4.65. The minimum Gasteiger partial charge on any atom is -0.493 e. The summed E-state index contributed by atoms with van der Waals surface area (Å²) in [6.07, 6.45) is 0. The van der Waals surface area contributed by atoms with Crippen molar-refractivity contribution in [2.45, 2.75) is 13.5 Å². The number of hydrogen-bond donors (Lipinski definition) is 1. The lowest BCUT2D eigenvalue weighted by molar-refractivity contribution is 0.0624. The van der Waals surface area contributed by atoms with E-state index in [1.807, 2.05) is 48.2 Å². The molecule has 0 saturated carbocycles. The number of carboxylic acid groups (broad SMARTS) is 1. The molecule has 27 heavy (non-hydrogen) atoms. The maximum atomic E-state index is 12.8. The van der Waals surface area contributed by atoms with Gasteiger partial charge in [0.15, 0.2) is 0 Å². The Morgan fingerprint density at radius 1 is 1.00 bits per heavy atom. The number of carbonyl (C=O) groups is 2. The van der Waals surface area contributed by atoms with Gasteiger partial charge in [0.05, 0.1) is 17.7 Å². The van der Waals surface area contributed by atoms with Crippen LogP contribution in [-0.4, -0.2) is 59.6 Å². The fourth-order valence-electron chi connectivity index (χ4n) is 3.22. The van der Waals surface area contributed by atoms with E-state index in [1.165, 1.54) is 0 Å². The second-order valence-electron chi connectivity index (χ2n) is 6.50. The van der Waals surface area contributed by atoms with Gasteiger partial charge in [-0.05, 0) is 36.8 Å². The lowest BCUT2D eigenvalue weighted by atomic mass is 10.1. The molecule has 0 atom stereocenters. The van der Waals surface area contributed by atoms with Gasteiger partial charge in [0.1, 0.15) is 5.75 Å². The van der Waals surface area contributed by atoms with E-state index in [0.29, 0.717) is 36.6 Å². The Morgan fingerprint density at radius 2 is 1.67 bits per heavy atom. The van der Waals surface area contributed by atoms with Gasteiger partial charge in [-0.1, -0.05) is 24.3 Å². The Kier molecular flexibility index (Phi) is 6.08. The summed E-state index contributed by atoms with van der Waals surface area (Å²) in [6.45, 7) is 6.06. The zero-order chi connectivity index (χ0) is 19.2. The lowest BCUT2D eigenvalue weighted by Gasteiger charge is -2.35. The second-order valence-corrected chi connectivity index (χ2v) is 6.50. The summed E-state index contributed by atoms with van der Waals surface area (Å²) in [5.74, 6) is -0.281. The molecule has 0 unspecified atom stereocenters. The van der Waals surface area contributed by atoms with Crippen LogP contribution in [0.5, 0.6) is 5.75 Å². The van der Waals surface area contributed by atoms with Gasteiger partial charge in [-0.15, -0.1) is 0 Å². The number of rotatable bonds is 6. The van der Waals surface area contributed by atoms with E-state index in [9.17, 15) is 9.59 Å². The van der Waals surface area contributed by atoms with Crippen LogP contribution in [0.3, 0.4) is 0 Å². The minimum absolute atomic E-state index is 0.00418. The van der Waals surface area contributed by atoms with E-state index in [-0.39, 0.29) is 5.91 Å². The van der Waals surface area contributed by atoms with Gasteiger partial charge >= 0.3 is 5.97 Å². The summed E-state index contributed by atoms with van der Waals surface area (Å²) in [5, 5.41) is 8.97. The van der Waals surface area contributed by atoms with Gasteiger partial charge in [-0.3, -0.25) is 9.69 Å². The van der Waals surface area contributed by atoms with E-state index in [0.717, 1.165) is 25.2 Å². The first-order chi connectivity index (χ1) is 13.1. The highest BCUT2D eigenvalue weighted by molar-refractivity contribution is 5.97. The molecule has 0 aliphatic carbocycles. The second kappa shape index (κ2) is 8.68. The Bertz CT molecular complexity index is 796. The summed E-state index contributed by atoms with van der Waals surface area (Å²) < 4.78 is 5.58. The van der Waals surface area contributed by atoms with Gasteiger partial charge in [0, 0.05) is 32.7 Å². The van der Waals surface area contributed by atoms with Gasteiger partial charge in [0.25, 0.3) is 5.91 Å². The normalized spacial score (nSPS) is 14.8. The zero-order valence-electron chi connectivity index (χ0n) is 15.4. The minimum atomic E-state index is -0.916. The maximum Gasteiger partial charge on any atom is 0.335 e. The molecule has 0 aromatic heterocycles. The molecule has 1 heterocycles. The van der Waals surface area contributed by atoms with E-state index in [1.54, 1.807) is 12.1 Å². The number of hydrogen-bond acceptors (Lipinski definition) is 4. The molecule has 142 valence electrons. The fourth-order valence-corrected chi connectivity index (χ4v) is 3.22. The molecule has 1 saturated heterocycles. The molecule has 6 nitrogen and oxygen atoms in total. The third-order valence-corrected chi connectivity index (χ3v) is 4.68. The van der Waals surface area contributed by atoms with Gasteiger partial charge in [0.2, 0.25) is 0 Å². The van der Waals surface area contributed by atoms with Crippen LogP contribution in [0.4, 0.5) is 0 Å². The SMILES string of the molecule is CCOc1ccccc1C(=O)N1CCN(Cc2ccc(C(=O)O)cc2)CC1. The van der Waals surface area contributed by atoms with Crippen molar-refractivity contribution in [2.75, 3.05) is 32.8 Å². The predicted molar refractivity (Wildman–Crippen MR) is 102 cm³/mol. The van der Waals surface area contributed by atoms with Crippen molar-refractivity contribution >= 4 is 11.9 Å². The molecular weight excluding hydrogens is 344 g/mol. The molecule has 2 aromatic carbocycles. The van der Waals surface area contributed by atoms with Crippen molar-refractivity contribution in [1.29, 1.82) is 0 Å². The largest absolute Gasteiger partial charge is 0.493 e. The van der Waals surface area contributed by atoms with E-state index in [4.69, 9.17) is 9.84 Å². The van der Waals surface area contributed by atoms with Crippen LogP contribution in [-0.2, 0) is 6.54 Å². The summed E-state index contributed by atoms with van der Waals surface area (Å²) in [7, 11) is 0. The van der Waals surface area contributed by atoms with Crippen LogP contribution in [0.2, 0.25) is 0 Å². The zero-order valence-corrected chi connectivity index (χ0v) is 15.4. The summed E-state index contributed by atoms with van der Waals surface area (Å²) in [4.78, 5) is 27.9. The van der Waals surface area contributed by atoms with Crippen LogP contribution in [0.1, 0.15) is 33.2 Å². The molecule has 1 N–H and O–H groups in total. The predicted octanol–water partition coefficient (Wildman–Crippen LogP) is 2.74. The topological polar surface area (TPSA) is 70.1 Å². The molecule has 0 spiro atoms. The van der Waals surface area contributed by atoms with Crippen LogP contribution < -0.4 is 4.74 Å². The molecule has 1 fully saturated rings. The first kappa shape index (κ1) is 18.9. The van der Waals surface area contributed by atoms with Crippen LogP contribution >= 0.6 is 0 Å². The van der Waals surface area contributed by atoms with Crippen molar-refractivity contribution in [3.63, 3.8) is 0 Å². The molecule has 6 heteroatoms. The average molecular weight is 368 g/mol. The Morgan fingerprint density at radius 3 is 2.30 bits per heavy atom. The first-order valence-corrected chi connectivity index (χ1v) is 9.14. The molecule has 1 aliphatic rings. The van der Waals surface area contributed by atoms with Crippen LogP contribution in [0, 0.1) is 0 Å². The van der Waals surface area contributed by atoms with Gasteiger partial charge in [-0.2, -0.15) is 0 Å². The van der Waals surface area contributed by atoms with E-state index in [2.05, 4.69) is 4.90 Å². The smallest absolute Gasteiger partial charge is 0.335 e. The molecule has 1 aliphatic heterocycles. The molecule has 1 amide bonds. The van der Waals surface area contributed by atoms with Crippen molar-refractivity contribution in [3.8, 4) is 5.75 Å². The van der Waals surface area contributed by atoms with Gasteiger partial charge < -0.3 is 14.7 Å². The quantitative estimate of drug-likeness (QED) is 0.849. The number of nitrogens with zero attached hydrogens (tertiary/aromatic N) is 2. The molecule has 3 rings (SSSR count). The standard InChI is InChI=1S/C21H24N2O4/c1-2-27-19-6-4-3-5-18(19)20(24)23-13-11-22(12-14-23)15-16-7-9-17(10-8-16)21(25)26/h3-10H,2,11-15H2,1H3,(H,25,26). The number of carbonyl (C=O) groups excluding carboxylic acids is 1. The molecule has 0 bridgehead atoms. The summed E-state index contributed by atoms with van der Waals surface area (Å²) in [5.41, 5.74) is 1.97. The molecule has 0 radical (unpaired) electrons. The van der Waals surface area contributed by atoms with Crippen molar-refractivity contribution in [3.05, 3.63) is 65.2 Å². The summed E-state index contributed by atoms with van der Waals surface area (Å²) in [6, 6.07) is 14.3. The number of ether oxygens (including phenoxy) is 1. The number of para-hydroxylation sites is 1. The Hall–Kier alpha value is -2.86. The van der Waals surface area contributed by atoms with Crippen molar-refractivity contribution in [1.82, 2.24) is 9.80 Å². The van der Waals surface area contributed by atoms with E-state index >= 15 is 0 Å². The highest BCUT2D eigenvalue weighted by atomic mass is 16.5. The number of amides is 1. The number of carboxylic acids is 1. The monoisotopic (exact) mass is 368 g/mol. The molecule has 2 aromatic rings. The van der Waals surface area contributed by atoms with Gasteiger partial charge in [-0.25, -0.2) is 4.79 Å². The Labute approximate surface area is 159 Å². The highest BCUT2D eigenvalue weighted by Gasteiger charge is 2.24. The number of benzene rings is 2. The highest BCUT2D eigenvalue weighted by Crippen LogP contribution is 2.21. The Balaban J connectivity index is 1.57.